The third-order valence-electron chi connectivity index (χ3n) is 2.14. The molecule has 82 valence electrons. The quantitative estimate of drug-likeness (QED) is 0.656. The fourth-order valence-electron chi connectivity index (χ4n) is 1.23. The van der Waals surface area contributed by atoms with Gasteiger partial charge in [0, 0.05) is 17.4 Å². The van der Waals surface area contributed by atoms with Crippen LogP contribution in [0.5, 0.6) is 5.75 Å². The van der Waals surface area contributed by atoms with Crippen LogP contribution in [0.25, 0.3) is 0 Å². The van der Waals surface area contributed by atoms with Crippen molar-refractivity contribution in [2.75, 3.05) is 10.6 Å². The van der Waals surface area contributed by atoms with Crippen LogP contribution in [0.2, 0.25) is 0 Å². The second kappa shape index (κ2) is 5.16. The molecule has 0 aromatic heterocycles. The number of alkyl halides is 1. The van der Waals surface area contributed by atoms with Crippen molar-refractivity contribution < 1.29 is 9.90 Å². The lowest BCUT2D eigenvalue weighted by Crippen LogP contribution is -2.12. The number of aromatic hydroxyl groups is 1. The van der Waals surface area contributed by atoms with E-state index in [1.54, 1.807) is 19.1 Å². The van der Waals surface area contributed by atoms with Gasteiger partial charge in [0.2, 0.25) is 5.91 Å². The Balaban J connectivity index is 2.86. The number of aryl methyl sites for hydroxylation is 2. The summed E-state index contributed by atoms with van der Waals surface area (Å²) < 4.78 is 0. The molecule has 0 radical (unpaired) electrons. The molecule has 0 bridgehead atoms. The van der Waals surface area contributed by atoms with Gasteiger partial charge in [0.25, 0.3) is 0 Å². The van der Waals surface area contributed by atoms with E-state index in [0.29, 0.717) is 11.8 Å². The first kappa shape index (κ1) is 12.0. The minimum atomic E-state index is -0.0277. The Kier molecular flexibility index (Phi) is 4.15. The highest BCUT2D eigenvalue weighted by Crippen LogP contribution is 2.24. The molecule has 2 N–H and O–H groups in total. The van der Waals surface area contributed by atoms with E-state index in [-0.39, 0.29) is 11.7 Å². The summed E-state index contributed by atoms with van der Waals surface area (Å²) in [5.74, 6) is 0.228. The van der Waals surface area contributed by atoms with Gasteiger partial charge in [0.05, 0.1) is 0 Å². The topological polar surface area (TPSA) is 49.3 Å². The predicted molar refractivity (Wildman–Crippen MR) is 64.6 cm³/mol. The number of halogens is 1. The molecule has 0 heterocycles. The smallest absolute Gasteiger partial charge is 0.225 e. The average molecular weight is 272 g/mol. The van der Waals surface area contributed by atoms with Crippen molar-refractivity contribution in [2.45, 2.75) is 20.3 Å². The number of amides is 1. The SMILES string of the molecule is Cc1cc(NC(=O)CCBr)c(C)cc1O. The summed E-state index contributed by atoms with van der Waals surface area (Å²) in [6.07, 6.45) is 0.444. The van der Waals surface area contributed by atoms with E-state index in [2.05, 4.69) is 21.2 Å². The zero-order valence-corrected chi connectivity index (χ0v) is 10.4. The van der Waals surface area contributed by atoms with Crippen molar-refractivity contribution in [3.8, 4) is 5.75 Å². The molecular weight excluding hydrogens is 258 g/mol. The van der Waals surface area contributed by atoms with Crippen LogP contribution >= 0.6 is 15.9 Å². The lowest BCUT2D eigenvalue weighted by molar-refractivity contribution is -0.115. The van der Waals surface area contributed by atoms with Gasteiger partial charge >= 0.3 is 0 Å². The Hall–Kier alpha value is -1.03. The molecule has 3 nitrogen and oxygen atoms in total. The van der Waals surface area contributed by atoms with E-state index < -0.39 is 0 Å². The van der Waals surface area contributed by atoms with Gasteiger partial charge in [-0.2, -0.15) is 0 Å². The lowest BCUT2D eigenvalue weighted by Gasteiger charge is -2.10. The molecule has 0 spiro atoms. The molecule has 1 rings (SSSR count). The van der Waals surface area contributed by atoms with Crippen molar-refractivity contribution in [1.82, 2.24) is 0 Å². The first-order valence-corrected chi connectivity index (χ1v) is 5.82. The normalized spacial score (nSPS) is 10.1. The Morgan fingerprint density at radius 1 is 1.40 bits per heavy atom. The van der Waals surface area contributed by atoms with Gasteiger partial charge in [0.15, 0.2) is 0 Å². The molecule has 0 saturated heterocycles. The number of carbonyl (C=O) groups excluding carboxylic acids is 1. The van der Waals surface area contributed by atoms with Crippen molar-refractivity contribution >= 4 is 27.5 Å². The first-order chi connectivity index (χ1) is 7.04. The van der Waals surface area contributed by atoms with E-state index in [1.807, 2.05) is 6.92 Å². The molecule has 0 aliphatic rings. The van der Waals surface area contributed by atoms with E-state index in [9.17, 15) is 9.90 Å². The number of anilines is 1. The molecule has 1 aromatic carbocycles. The molecule has 0 fully saturated rings. The maximum atomic E-state index is 11.4. The van der Waals surface area contributed by atoms with E-state index in [1.165, 1.54) is 0 Å². The highest BCUT2D eigenvalue weighted by atomic mass is 79.9. The van der Waals surface area contributed by atoms with Crippen molar-refractivity contribution in [2.24, 2.45) is 0 Å². The monoisotopic (exact) mass is 271 g/mol. The Labute approximate surface area is 97.6 Å². The summed E-state index contributed by atoms with van der Waals surface area (Å²) in [6, 6.07) is 3.43. The van der Waals surface area contributed by atoms with Crippen LogP contribution in [0.1, 0.15) is 17.5 Å². The molecule has 4 heteroatoms. The number of phenolic OH excluding ortho intramolecular Hbond substituents is 1. The molecule has 1 amide bonds. The van der Waals surface area contributed by atoms with Gasteiger partial charge < -0.3 is 10.4 Å². The second-order valence-corrected chi connectivity index (χ2v) is 4.23. The predicted octanol–water partition coefficient (Wildman–Crippen LogP) is 2.73. The number of phenols is 1. The van der Waals surface area contributed by atoms with Gasteiger partial charge in [0.1, 0.15) is 5.75 Å². The summed E-state index contributed by atoms with van der Waals surface area (Å²) in [7, 11) is 0. The summed E-state index contributed by atoms with van der Waals surface area (Å²) in [4.78, 5) is 11.4. The van der Waals surface area contributed by atoms with Crippen LogP contribution in [0.15, 0.2) is 12.1 Å². The van der Waals surface area contributed by atoms with Crippen LogP contribution < -0.4 is 5.32 Å². The standard InChI is InChI=1S/C11H14BrNO2/c1-7-6-10(14)8(2)5-9(7)13-11(15)3-4-12/h5-6,14H,3-4H2,1-2H3,(H,13,15). The van der Waals surface area contributed by atoms with Crippen molar-refractivity contribution in [1.29, 1.82) is 0 Å². The van der Waals surface area contributed by atoms with Crippen molar-refractivity contribution in [3.05, 3.63) is 23.3 Å². The van der Waals surface area contributed by atoms with Gasteiger partial charge in [-0.1, -0.05) is 15.9 Å². The van der Waals surface area contributed by atoms with E-state index >= 15 is 0 Å². The Morgan fingerprint density at radius 2 is 2.07 bits per heavy atom. The summed E-state index contributed by atoms with van der Waals surface area (Å²) >= 11 is 3.21. The second-order valence-electron chi connectivity index (χ2n) is 3.44. The molecule has 0 atom stereocenters. The van der Waals surface area contributed by atoms with Crippen LogP contribution in [0.4, 0.5) is 5.69 Å². The van der Waals surface area contributed by atoms with Crippen LogP contribution in [-0.2, 0) is 4.79 Å². The highest BCUT2D eigenvalue weighted by molar-refractivity contribution is 9.09. The average Bonchev–Trinajstić information content (AvgIpc) is 2.14. The van der Waals surface area contributed by atoms with Gasteiger partial charge in [-0.25, -0.2) is 0 Å². The molecule has 1 aromatic rings. The highest BCUT2D eigenvalue weighted by Gasteiger charge is 2.06. The fraction of sp³-hybridized carbons (Fsp3) is 0.364. The lowest BCUT2D eigenvalue weighted by atomic mass is 10.1. The van der Waals surface area contributed by atoms with Gasteiger partial charge in [-0.15, -0.1) is 0 Å². The number of hydrogen-bond donors (Lipinski definition) is 2. The number of benzene rings is 1. The Bertz CT molecular complexity index is 377. The summed E-state index contributed by atoms with van der Waals surface area (Å²) in [5.41, 5.74) is 2.38. The fourth-order valence-corrected chi connectivity index (χ4v) is 1.59. The Morgan fingerprint density at radius 3 is 2.67 bits per heavy atom. The zero-order chi connectivity index (χ0) is 11.4. The molecule has 0 saturated carbocycles. The molecular formula is C11H14BrNO2. The minimum Gasteiger partial charge on any atom is -0.508 e. The largest absolute Gasteiger partial charge is 0.508 e. The van der Waals surface area contributed by atoms with E-state index in [4.69, 9.17) is 0 Å². The van der Waals surface area contributed by atoms with Crippen molar-refractivity contribution in [3.63, 3.8) is 0 Å². The van der Waals surface area contributed by atoms with Crippen LogP contribution in [-0.4, -0.2) is 16.3 Å². The molecule has 0 unspecified atom stereocenters. The molecule has 0 aliphatic heterocycles. The summed E-state index contributed by atoms with van der Waals surface area (Å²) in [5, 5.41) is 12.9. The van der Waals surface area contributed by atoms with Gasteiger partial charge in [-0.05, 0) is 37.1 Å². The number of nitrogens with one attached hydrogen (secondary N) is 1. The van der Waals surface area contributed by atoms with E-state index in [0.717, 1.165) is 16.8 Å². The van der Waals surface area contributed by atoms with Gasteiger partial charge in [-0.3, -0.25) is 4.79 Å². The number of hydrogen-bond acceptors (Lipinski definition) is 2. The molecule has 0 aliphatic carbocycles. The number of carbonyl (C=O) groups is 1. The maximum Gasteiger partial charge on any atom is 0.225 e. The maximum absolute atomic E-state index is 11.4. The van der Waals surface area contributed by atoms with Crippen LogP contribution in [0, 0.1) is 13.8 Å². The van der Waals surface area contributed by atoms with Crippen LogP contribution in [0.3, 0.4) is 0 Å². The third kappa shape index (κ3) is 3.23. The first-order valence-electron chi connectivity index (χ1n) is 4.70. The minimum absolute atomic E-state index is 0.0277. The number of rotatable bonds is 3. The molecule has 15 heavy (non-hydrogen) atoms. The summed E-state index contributed by atoms with van der Waals surface area (Å²) in [6.45, 7) is 3.65. The zero-order valence-electron chi connectivity index (χ0n) is 8.80. The third-order valence-corrected chi connectivity index (χ3v) is 2.54.